The number of nitrogens with one attached hydrogen (secondary N) is 2. The number of alkyl carbamates (subject to hydrolysis) is 1. The molecule has 0 saturated heterocycles. The van der Waals surface area contributed by atoms with E-state index in [4.69, 9.17) is 9.47 Å². The van der Waals surface area contributed by atoms with Crippen molar-refractivity contribution in [2.75, 3.05) is 6.54 Å². The number of benzene rings is 3. The van der Waals surface area contributed by atoms with Crippen LogP contribution in [0.3, 0.4) is 0 Å². The Bertz CT molecular complexity index is 1610. The third-order valence-corrected chi connectivity index (χ3v) is 7.94. The molecule has 0 saturated carbocycles. The molecule has 0 bridgehead atoms. The van der Waals surface area contributed by atoms with Crippen molar-refractivity contribution in [1.82, 2.24) is 15.5 Å². The van der Waals surface area contributed by atoms with Gasteiger partial charge >= 0.3 is 12.1 Å². The topological polar surface area (TPSA) is 154 Å². The lowest BCUT2D eigenvalue weighted by Gasteiger charge is -2.35. The number of esters is 1. The van der Waals surface area contributed by atoms with Crippen molar-refractivity contribution in [2.45, 2.75) is 116 Å². The van der Waals surface area contributed by atoms with Crippen molar-refractivity contribution in [3.05, 3.63) is 95.6 Å². The standard InChI is InChI=1S/C41H55N3O8/c1-8-9-10-14-24-44(37(48)33(43-39(50)52-41(5,6)7)25-29-20-22-31(45)23-21-29)35(30-18-15-19-32(46)27-30)36(47)42-34(38(49)51-40(2,3)4)26-28-16-12-11-13-17-28/h11-13,15-23,27,33-35,45-46H,8-10,14,24-26H2,1-7H3,(H,42,47)(H,43,50). The van der Waals surface area contributed by atoms with E-state index < -0.39 is 53.2 Å². The molecule has 0 spiro atoms. The van der Waals surface area contributed by atoms with Crippen LogP contribution in [0.15, 0.2) is 78.9 Å². The zero-order chi connectivity index (χ0) is 38.5. The fourth-order valence-corrected chi connectivity index (χ4v) is 5.63. The predicted molar refractivity (Wildman–Crippen MR) is 200 cm³/mol. The molecule has 52 heavy (non-hydrogen) atoms. The van der Waals surface area contributed by atoms with Gasteiger partial charge in [-0.3, -0.25) is 9.59 Å². The van der Waals surface area contributed by atoms with E-state index in [1.165, 1.54) is 29.2 Å². The number of nitrogens with zero attached hydrogens (tertiary/aromatic N) is 1. The second kappa shape index (κ2) is 19.0. The number of carbonyl (C=O) groups is 4. The zero-order valence-electron chi connectivity index (χ0n) is 31.5. The number of carbonyl (C=O) groups excluding carboxylic acids is 4. The molecule has 0 aliphatic heterocycles. The summed E-state index contributed by atoms with van der Waals surface area (Å²) in [7, 11) is 0. The summed E-state index contributed by atoms with van der Waals surface area (Å²) in [5, 5.41) is 26.0. The maximum Gasteiger partial charge on any atom is 0.408 e. The van der Waals surface area contributed by atoms with Crippen molar-refractivity contribution < 1.29 is 38.9 Å². The van der Waals surface area contributed by atoms with E-state index in [0.29, 0.717) is 17.5 Å². The molecule has 0 fully saturated rings. The average molecular weight is 718 g/mol. The van der Waals surface area contributed by atoms with Gasteiger partial charge in [-0.05, 0) is 88.9 Å². The van der Waals surface area contributed by atoms with Crippen molar-refractivity contribution in [1.29, 1.82) is 0 Å². The Balaban J connectivity index is 2.13. The molecule has 0 heterocycles. The van der Waals surface area contributed by atoms with Crippen molar-refractivity contribution in [2.24, 2.45) is 0 Å². The molecule has 3 rings (SSSR count). The minimum Gasteiger partial charge on any atom is -0.508 e. The highest BCUT2D eigenvalue weighted by atomic mass is 16.6. The molecule has 0 radical (unpaired) electrons. The summed E-state index contributed by atoms with van der Waals surface area (Å²) < 4.78 is 11.2. The SMILES string of the molecule is CCCCCCN(C(=O)C(Cc1ccc(O)cc1)NC(=O)OC(C)(C)C)C(C(=O)NC(Cc1ccccc1)C(=O)OC(C)(C)C)c1cccc(O)c1. The Morgan fingerprint density at radius 3 is 1.90 bits per heavy atom. The van der Waals surface area contributed by atoms with Gasteiger partial charge in [-0.15, -0.1) is 0 Å². The Hall–Kier alpha value is -5.06. The van der Waals surface area contributed by atoms with Crippen LogP contribution in [0.4, 0.5) is 4.79 Å². The number of amides is 3. The maximum atomic E-state index is 14.9. The van der Waals surface area contributed by atoms with Crippen LogP contribution in [-0.4, -0.2) is 68.8 Å². The quantitative estimate of drug-likeness (QED) is 0.0937. The number of phenols is 2. The highest BCUT2D eigenvalue weighted by molar-refractivity contribution is 5.94. The maximum absolute atomic E-state index is 14.9. The number of ether oxygens (including phenoxy) is 2. The summed E-state index contributed by atoms with van der Waals surface area (Å²) in [6.45, 7) is 12.5. The minimum atomic E-state index is -1.32. The molecule has 3 atom stereocenters. The van der Waals surface area contributed by atoms with E-state index in [1.807, 2.05) is 30.3 Å². The van der Waals surface area contributed by atoms with Crippen LogP contribution in [0.2, 0.25) is 0 Å². The zero-order valence-corrected chi connectivity index (χ0v) is 31.5. The third kappa shape index (κ3) is 13.9. The second-order valence-corrected chi connectivity index (χ2v) is 14.9. The van der Waals surface area contributed by atoms with Crippen molar-refractivity contribution in [3.8, 4) is 11.5 Å². The molecule has 0 aliphatic rings. The molecule has 4 N–H and O–H groups in total. The monoisotopic (exact) mass is 717 g/mol. The van der Waals surface area contributed by atoms with Crippen LogP contribution in [-0.2, 0) is 36.7 Å². The third-order valence-electron chi connectivity index (χ3n) is 7.94. The average Bonchev–Trinajstić information content (AvgIpc) is 3.05. The van der Waals surface area contributed by atoms with Gasteiger partial charge in [0.2, 0.25) is 11.8 Å². The van der Waals surface area contributed by atoms with Crippen LogP contribution in [0.5, 0.6) is 11.5 Å². The first kappa shape index (κ1) is 41.4. The molecule has 3 amide bonds. The number of rotatable bonds is 16. The Morgan fingerprint density at radius 2 is 1.31 bits per heavy atom. The summed E-state index contributed by atoms with van der Waals surface area (Å²) >= 11 is 0. The molecule has 3 aromatic carbocycles. The normalized spacial score (nSPS) is 13.3. The Morgan fingerprint density at radius 1 is 0.692 bits per heavy atom. The van der Waals surface area contributed by atoms with E-state index in [2.05, 4.69) is 17.6 Å². The molecule has 11 heteroatoms. The molecule has 11 nitrogen and oxygen atoms in total. The predicted octanol–water partition coefficient (Wildman–Crippen LogP) is 6.75. The number of hydrogen-bond donors (Lipinski definition) is 4. The van der Waals surface area contributed by atoms with Gasteiger partial charge in [0.1, 0.15) is 40.8 Å². The molecule has 0 aromatic heterocycles. The number of aromatic hydroxyl groups is 2. The molecular weight excluding hydrogens is 662 g/mol. The summed E-state index contributed by atoms with van der Waals surface area (Å²) in [6, 6.07) is 17.9. The Kier molecular flexibility index (Phi) is 15.1. The van der Waals surface area contributed by atoms with Gasteiger partial charge in [-0.1, -0.05) is 80.8 Å². The molecular formula is C41H55N3O8. The fraction of sp³-hybridized carbons (Fsp3) is 0.463. The van der Waals surface area contributed by atoms with E-state index in [9.17, 15) is 29.4 Å². The van der Waals surface area contributed by atoms with E-state index in [1.54, 1.807) is 65.8 Å². The second-order valence-electron chi connectivity index (χ2n) is 14.9. The van der Waals surface area contributed by atoms with Gasteiger partial charge in [0.15, 0.2) is 0 Å². The largest absolute Gasteiger partial charge is 0.508 e. The summed E-state index contributed by atoms with van der Waals surface area (Å²) in [4.78, 5) is 57.7. The number of unbranched alkanes of at least 4 members (excludes halogenated alkanes) is 3. The summed E-state index contributed by atoms with van der Waals surface area (Å²) in [5.41, 5.74) is 0.0528. The van der Waals surface area contributed by atoms with E-state index in [0.717, 1.165) is 24.8 Å². The van der Waals surface area contributed by atoms with Crippen molar-refractivity contribution >= 4 is 23.9 Å². The van der Waals surface area contributed by atoms with Gasteiger partial charge < -0.3 is 35.2 Å². The lowest BCUT2D eigenvalue weighted by Crippen LogP contribution is -2.55. The van der Waals surface area contributed by atoms with Gasteiger partial charge in [0.05, 0.1) is 0 Å². The molecule has 3 unspecified atom stereocenters. The van der Waals surface area contributed by atoms with Crippen molar-refractivity contribution in [3.63, 3.8) is 0 Å². The fourth-order valence-electron chi connectivity index (χ4n) is 5.63. The molecule has 0 aliphatic carbocycles. The minimum absolute atomic E-state index is 0.0206. The summed E-state index contributed by atoms with van der Waals surface area (Å²) in [6.07, 6.45) is 2.48. The number of phenolic OH excluding ortho intramolecular Hbond substituents is 2. The van der Waals surface area contributed by atoms with Gasteiger partial charge in [0.25, 0.3) is 0 Å². The highest BCUT2D eigenvalue weighted by Crippen LogP contribution is 2.28. The lowest BCUT2D eigenvalue weighted by molar-refractivity contribution is -0.159. The number of hydrogen-bond acceptors (Lipinski definition) is 8. The molecule has 3 aromatic rings. The first-order valence-electron chi connectivity index (χ1n) is 17.9. The highest BCUT2D eigenvalue weighted by Gasteiger charge is 2.38. The summed E-state index contributed by atoms with van der Waals surface area (Å²) in [5.74, 6) is -1.95. The van der Waals surface area contributed by atoms with Crippen LogP contribution in [0, 0.1) is 0 Å². The smallest absolute Gasteiger partial charge is 0.408 e. The van der Waals surface area contributed by atoms with Crippen LogP contribution >= 0.6 is 0 Å². The Labute approximate surface area is 307 Å². The van der Waals surface area contributed by atoms with E-state index in [-0.39, 0.29) is 30.9 Å². The van der Waals surface area contributed by atoms with Gasteiger partial charge in [0, 0.05) is 19.4 Å². The first-order valence-corrected chi connectivity index (χ1v) is 17.9. The van der Waals surface area contributed by atoms with E-state index >= 15 is 0 Å². The van der Waals surface area contributed by atoms with Gasteiger partial charge in [-0.25, -0.2) is 9.59 Å². The van der Waals surface area contributed by atoms with Crippen LogP contribution in [0.25, 0.3) is 0 Å². The first-order chi connectivity index (χ1) is 24.5. The van der Waals surface area contributed by atoms with Gasteiger partial charge in [-0.2, -0.15) is 0 Å². The molecule has 282 valence electrons. The van der Waals surface area contributed by atoms with Crippen LogP contribution in [0.1, 0.15) is 96.9 Å². The van der Waals surface area contributed by atoms with Crippen LogP contribution < -0.4 is 10.6 Å². The lowest BCUT2D eigenvalue weighted by atomic mass is 9.98.